The third kappa shape index (κ3) is 4.31. The van der Waals surface area contributed by atoms with E-state index in [4.69, 9.17) is 0 Å². The molecule has 1 saturated heterocycles. The lowest BCUT2D eigenvalue weighted by Gasteiger charge is -2.17. The van der Waals surface area contributed by atoms with Gasteiger partial charge in [0, 0.05) is 36.8 Å². The fraction of sp³-hybridized carbons (Fsp3) is 0.444. The van der Waals surface area contributed by atoms with E-state index in [1.807, 2.05) is 13.0 Å². The molecular formula is C18H24N4O3S. The van der Waals surface area contributed by atoms with Gasteiger partial charge in [-0.15, -0.1) is 0 Å². The van der Waals surface area contributed by atoms with Gasteiger partial charge in [0.1, 0.15) is 0 Å². The molecule has 3 rings (SSSR count). The van der Waals surface area contributed by atoms with E-state index in [0.29, 0.717) is 12.0 Å². The van der Waals surface area contributed by atoms with E-state index in [9.17, 15) is 13.2 Å². The monoisotopic (exact) mass is 376 g/mol. The third-order valence-electron chi connectivity index (χ3n) is 4.42. The number of likely N-dealkylation sites (tertiary alicyclic amines) is 1. The summed E-state index contributed by atoms with van der Waals surface area (Å²) in [7, 11) is -3.71. The van der Waals surface area contributed by atoms with Crippen molar-refractivity contribution in [2.24, 2.45) is 0 Å². The highest BCUT2D eigenvalue weighted by Gasteiger charge is 2.23. The smallest absolute Gasteiger partial charge is 0.253 e. The Bertz CT molecular complexity index is 885. The van der Waals surface area contributed by atoms with Gasteiger partial charge in [-0.2, -0.15) is 5.10 Å². The number of hydrogen-bond acceptors (Lipinski definition) is 4. The number of aryl methyl sites for hydroxylation is 1. The molecule has 26 heavy (non-hydrogen) atoms. The number of nitrogens with zero attached hydrogens (tertiary/aromatic N) is 2. The Morgan fingerprint density at radius 1 is 1.31 bits per heavy atom. The molecule has 2 aromatic rings. The molecule has 0 unspecified atom stereocenters. The van der Waals surface area contributed by atoms with Gasteiger partial charge in [-0.3, -0.25) is 9.89 Å². The van der Waals surface area contributed by atoms with Crippen LogP contribution in [0, 0.1) is 6.92 Å². The predicted octanol–water partition coefficient (Wildman–Crippen LogP) is 1.86. The Morgan fingerprint density at radius 2 is 2.04 bits per heavy atom. The molecule has 1 aliphatic heterocycles. The number of rotatable bonds is 6. The molecule has 1 amide bonds. The van der Waals surface area contributed by atoms with Crippen molar-refractivity contribution in [1.29, 1.82) is 0 Å². The van der Waals surface area contributed by atoms with E-state index >= 15 is 0 Å². The number of carbonyl (C=O) groups excluding carboxylic acids is 1. The third-order valence-corrected chi connectivity index (χ3v) is 6.00. The first kappa shape index (κ1) is 18.6. The number of aromatic nitrogens is 2. The molecule has 0 spiro atoms. The van der Waals surface area contributed by atoms with Gasteiger partial charge < -0.3 is 4.90 Å². The van der Waals surface area contributed by atoms with Crippen molar-refractivity contribution in [3.8, 4) is 0 Å². The average molecular weight is 376 g/mol. The van der Waals surface area contributed by atoms with Gasteiger partial charge in [0.25, 0.3) is 5.91 Å². The van der Waals surface area contributed by atoms with Crippen LogP contribution < -0.4 is 4.72 Å². The van der Waals surface area contributed by atoms with Crippen molar-refractivity contribution < 1.29 is 13.2 Å². The summed E-state index contributed by atoms with van der Waals surface area (Å²) in [4.78, 5) is 14.4. The van der Waals surface area contributed by atoms with Gasteiger partial charge in [0.05, 0.1) is 10.6 Å². The predicted molar refractivity (Wildman–Crippen MR) is 98.4 cm³/mol. The zero-order valence-electron chi connectivity index (χ0n) is 15.0. The minimum absolute atomic E-state index is 0.104. The maximum atomic E-state index is 12.7. The SMILES string of the molecule is Cc1cc(C[C@H](C)NS(=O)(=O)c2cccc(C(=O)N3CCCC3)c2)n[nH]1. The van der Waals surface area contributed by atoms with Crippen LogP contribution in [0.15, 0.2) is 35.2 Å². The first-order valence-electron chi connectivity index (χ1n) is 8.78. The number of sulfonamides is 1. The highest BCUT2D eigenvalue weighted by molar-refractivity contribution is 7.89. The van der Waals surface area contributed by atoms with E-state index in [1.165, 1.54) is 12.1 Å². The number of nitrogens with one attached hydrogen (secondary N) is 2. The average Bonchev–Trinajstić information content (AvgIpc) is 3.25. The lowest BCUT2D eigenvalue weighted by atomic mass is 10.2. The second-order valence-corrected chi connectivity index (χ2v) is 8.51. The quantitative estimate of drug-likeness (QED) is 0.804. The Labute approximate surface area is 153 Å². The molecule has 1 fully saturated rings. The standard InChI is InChI=1S/C18H24N4O3S/c1-13-10-16(20-19-13)11-14(2)21-26(24,25)17-7-5-6-15(12-17)18(23)22-8-3-4-9-22/h5-7,10,12,14,21H,3-4,8-9,11H2,1-2H3,(H,19,20)/t14-/m0/s1. The number of hydrogen-bond donors (Lipinski definition) is 2. The van der Waals surface area contributed by atoms with E-state index in [1.54, 1.807) is 24.0 Å². The van der Waals surface area contributed by atoms with Gasteiger partial charge in [0.15, 0.2) is 0 Å². The van der Waals surface area contributed by atoms with Gasteiger partial charge in [-0.05, 0) is 51.0 Å². The zero-order valence-corrected chi connectivity index (χ0v) is 15.8. The van der Waals surface area contributed by atoms with Crippen LogP contribution in [-0.4, -0.2) is 48.6 Å². The maximum absolute atomic E-state index is 12.7. The summed E-state index contributed by atoms with van der Waals surface area (Å²) in [5.41, 5.74) is 2.14. The fourth-order valence-electron chi connectivity index (χ4n) is 3.17. The molecule has 1 aromatic heterocycles. The van der Waals surface area contributed by atoms with Crippen molar-refractivity contribution in [3.05, 3.63) is 47.3 Å². The first-order chi connectivity index (χ1) is 12.3. The van der Waals surface area contributed by atoms with Crippen LogP contribution >= 0.6 is 0 Å². The minimum atomic E-state index is -3.71. The zero-order chi connectivity index (χ0) is 18.7. The highest BCUT2D eigenvalue weighted by atomic mass is 32.2. The van der Waals surface area contributed by atoms with E-state index < -0.39 is 10.0 Å². The van der Waals surface area contributed by atoms with Crippen LogP contribution in [0.5, 0.6) is 0 Å². The normalized spacial score (nSPS) is 16.0. The Morgan fingerprint density at radius 3 is 2.69 bits per heavy atom. The van der Waals surface area contributed by atoms with E-state index in [-0.39, 0.29) is 16.8 Å². The Kier molecular flexibility index (Phi) is 5.43. The summed E-state index contributed by atoms with van der Waals surface area (Å²) < 4.78 is 28.0. The van der Waals surface area contributed by atoms with Crippen LogP contribution in [0.1, 0.15) is 41.5 Å². The number of H-pyrrole nitrogens is 1. The molecule has 1 aliphatic rings. The molecule has 8 heteroatoms. The molecular weight excluding hydrogens is 352 g/mol. The summed E-state index contributed by atoms with van der Waals surface area (Å²) >= 11 is 0. The molecule has 2 heterocycles. The number of benzene rings is 1. The first-order valence-corrected chi connectivity index (χ1v) is 10.3. The fourth-order valence-corrected chi connectivity index (χ4v) is 4.46. The molecule has 140 valence electrons. The Balaban J connectivity index is 1.72. The van der Waals surface area contributed by atoms with Crippen molar-refractivity contribution in [2.75, 3.05) is 13.1 Å². The molecule has 2 N–H and O–H groups in total. The van der Waals surface area contributed by atoms with Crippen LogP contribution in [0.2, 0.25) is 0 Å². The molecule has 1 aromatic carbocycles. The van der Waals surface area contributed by atoms with Gasteiger partial charge in [-0.25, -0.2) is 13.1 Å². The summed E-state index contributed by atoms with van der Waals surface area (Å²) in [6.45, 7) is 5.15. The van der Waals surface area contributed by atoms with E-state index in [2.05, 4.69) is 14.9 Å². The molecule has 0 saturated carbocycles. The van der Waals surface area contributed by atoms with Gasteiger partial charge in [-0.1, -0.05) is 6.07 Å². The lowest BCUT2D eigenvalue weighted by Crippen LogP contribution is -2.34. The summed E-state index contributed by atoms with van der Waals surface area (Å²) in [6, 6.07) is 7.80. The van der Waals surface area contributed by atoms with Crippen LogP contribution in [0.25, 0.3) is 0 Å². The second-order valence-electron chi connectivity index (χ2n) is 6.80. The molecule has 7 nitrogen and oxygen atoms in total. The highest BCUT2D eigenvalue weighted by Crippen LogP contribution is 2.17. The largest absolute Gasteiger partial charge is 0.339 e. The molecule has 1 atom stereocenters. The van der Waals surface area contributed by atoms with Crippen LogP contribution in [0.3, 0.4) is 0 Å². The van der Waals surface area contributed by atoms with Crippen LogP contribution in [-0.2, 0) is 16.4 Å². The molecule has 0 aliphatic carbocycles. The topological polar surface area (TPSA) is 95.2 Å². The Hall–Kier alpha value is -2.19. The van der Waals surface area contributed by atoms with Crippen molar-refractivity contribution in [1.82, 2.24) is 19.8 Å². The van der Waals surface area contributed by atoms with Crippen molar-refractivity contribution in [2.45, 2.75) is 44.0 Å². The van der Waals surface area contributed by atoms with Gasteiger partial charge in [0.2, 0.25) is 10.0 Å². The van der Waals surface area contributed by atoms with Crippen LogP contribution in [0.4, 0.5) is 0 Å². The summed E-state index contributed by atoms with van der Waals surface area (Å²) in [5, 5.41) is 6.98. The maximum Gasteiger partial charge on any atom is 0.253 e. The number of aromatic amines is 1. The van der Waals surface area contributed by atoms with Crippen molar-refractivity contribution in [3.63, 3.8) is 0 Å². The summed E-state index contributed by atoms with van der Waals surface area (Å²) in [6.07, 6.45) is 2.47. The van der Waals surface area contributed by atoms with E-state index in [0.717, 1.165) is 37.3 Å². The van der Waals surface area contributed by atoms with Crippen molar-refractivity contribution >= 4 is 15.9 Å². The van der Waals surface area contributed by atoms with Gasteiger partial charge >= 0.3 is 0 Å². The minimum Gasteiger partial charge on any atom is -0.339 e. The molecule has 0 bridgehead atoms. The molecule has 0 radical (unpaired) electrons. The lowest BCUT2D eigenvalue weighted by molar-refractivity contribution is 0.0792. The number of carbonyl (C=O) groups is 1. The number of amides is 1. The second kappa shape index (κ2) is 7.59. The summed E-state index contributed by atoms with van der Waals surface area (Å²) in [5.74, 6) is -0.111.